The third-order valence-electron chi connectivity index (χ3n) is 3.56. The second kappa shape index (κ2) is 5.17. The van der Waals surface area contributed by atoms with Crippen LogP contribution in [0.1, 0.15) is 34.9 Å². The predicted molar refractivity (Wildman–Crippen MR) is 79.9 cm³/mol. The van der Waals surface area contributed by atoms with E-state index in [9.17, 15) is 0 Å². The molecule has 100 valence electrons. The molecule has 2 aromatic rings. The monoisotopic (exact) mass is 274 g/mol. The largest absolute Gasteiger partial charge is 0.363 e. The Labute approximate surface area is 117 Å². The smallest absolute Gasteiger partial charge is 0.224 e. The fourth-order valence-electron chi connectivity index (χ4n) is 2.51. The quantitative estimate of drug-likeness (QED) is 0.901. The van der Waals surface area contributed by atoms with Gasteiger partial charge in [0.15, 0.2) is 0 Å². The Morgan fingerprint density at radius 3 is 3.16 bits per heavy atom. The lowest BCUT2D eigenvalue weighted by Crippen LogP contribution is -2.17. The van der Waals surface area contributed by atoms with Gasteiger partial charge in [-0.2, -0.15) is 4.98 Å². The summed E-state index contributed by atoms with van der Waals surface area (Å²) in [4.78, 5) is 10.3. The van der Waals surface area contributed by atoms with Gasteiger partial charge in [0.25, 0.3) is 0 Å². The van der Waals surface area contributed by atoms with Crippen molar-refractivity contribution in [1.82, 2.24) is 9.97 Å². The lowest BCUT2D eigenvalue weighted by Gasteiger charge is -2.25. The summed E-state index contributed by atoms with van der Waals surface area (Å²) in [6.07, 6.45) is 5.49. The molecular formula is C14H18N4S. The van der Waals surface area contributed by atoms with Gasteiger partial charge in [0, 0.05) is 23.7 Å². The van der Waals surface area contributed by atoms with Gasteiger partial charge in [0.2, 0.25) is 5.95 Å². The average Bonchev–Trinajstić information content (AvgIpc) is 2.90. The summed E-state index contributed by atoms with van der Waals surface area (Å²) in [5, 5.41) is 8.76. The zero-order valence-electron chi connectivity index (χ0n) is 11.2. The Hall–Kier alpha value is -1.62. The van der Waals surface area contributed by atoms with Crippen molar-refractivity contribution in [2.75, 3.05) is 17.7 Å². The molecule has 1 aliphatic rings. The van der Waals surface area contributed by atoms with E-state index < -0.39 is 0 Å². The Morgan fingerprint density at radius 2 is 2.32 bits per heavy atom. The van der Waals surface area contributed by atoms with Crippen molar-refractivity contribution in [3.8, 4) is 0 Å². The first-order chi connectivity index (χ1) is 9.28. The van der Waals surface area contributed by atoms with Crippen molar-refractivity contribution in [3.05, 3.63) is 33.6 Å². The minimum Gasteiger partial charge on any atom is -0.363 e. The van der Waals surface area contributed by atoms with Gasteiger partial charge < -0.3 is 10.6 Å². The number of hydrogen-bond donors (Lipinski definition) is 2. The van der Waals surface area contributed by atoms with Crippen molar-refractivity contribution in [2.24, 2.45) is 0 Å². The van der Waals surface area contributed by atoms with E-state index in [0.717, 1.165) is 11.4 Å². The SMILES string of the molecule is CNc1ncc(C)c(NC2CCCc3sccc32)n1. The number of aromatic nitrogens is 2. The van der Waals surface area contributed by atoms with Crippen LogP contribution in [-0.2, 0) is 6.42 Å². The minimum atomic E-state index is 0.383. The standard InChI is InChI=1S/C14H18N4S/c1-9-8-16-14(15-2)18-13(9)17-11-4-3-5-12-10(11)6-7-19-12/h6-8,11H,3-5H2,1-2H3,(H2,15,16,17,18). The minimum absolute atomic E-state index is 0.383. The van der Waals surface area contributed by atoms with Crippen LogP contribution < -0.4 is 10.6 Å². The third kappa shape index (κ3) is 2.42. The van der Waals surface area contributed by atoms with Crippen LogP contribution in [0, 0.1) is 6.92 Å². The molecule has 0 aliphatic heterocycles. The molecule has 0 fully saturated rings. The Kier molecular flexibility index (Phi) is 3.38. The number of thiophene rings is 1. The third-order valence-corrected chi connectivity index (χ3v) is 4.55. The van der Waals surface area contributed by atoms with E-state index in [0.29, 0.717) is 12.0 Å². The normalized spacial score (nSPS) is 17.9. The second-order valence-corrected chi connectivity index (χ2v) is 5.86. The van der Waals surface area contributed by atoms with Crippen LogP contribution in [0.25, 0.3) is 0 Å². The molecule has 5 heteroatoms. The molecule has 0 saturated carbocycles. The first-order valence-electron chi connectivity index (χ1n) is 6.62. The summed E-state index contributed by atoms with van der Waals surface area (Å²) in [6.45, 7) is 2.04. The van der Waals surface area contributed by atoms with Gasteiger partial charge in [-0.05, 0) is 43.2 Å². The van der Waals surface area contributed by atoms with E-state index in [-0.39, 0.29) is 0 Å². The van der Waals surface area contributed by atoms with Crippen molar-refractivity contribution in [3.63, 3.8) is 0 Å². The van der Waals surface area contributed by atoms with Crippen molar-refractivity contribution < 1.29 is 0 Å². The van der Waals surface area contributed by atoms with Gasteiger partial charge in [0.05, 0.1) is 6.04 Å². The fourth-order valence-corrected chi connectivity index (χ4v) is 3.50. The Morgan fingerprint density at radius 1 is 1.42 bits per heavy atom. The van der Waals surface area contributed by atoms with Crippen LogP contribution in [-0.4, -0.2) is 17.0 Å². The summed E-state index contributed by atoms with van der Waals surface area (Å²) in [7, 11) is 1.84. The molecule has 2 heterocycles. The van der Waals surface area contributed by atoms with Gasteiger partial charge in [-0.1, -0.05) is 0 Å². The molecular weight excluding hydrogens is 256 g/mol. The van der Waals surface area contributed by atoms with Gasteiger partial charge >= 0.3 is 0 Å². The lowest BCUT2D eigenvalue weighted by molar-refractivity contribution is 0.606. The molecule has 19 heavy (non-hydrogen) atoms. The molecule has 2 aromatic heterocycles. The topological polar surface area (TPSA) is 49.8 Å². The van der Waals surface area contributed by atoms with Crippen molar-refractivity contribution >= 4 is 23.1 Å². The molecule has 1 unspecified atom stereocenters. The van der Waals surface area contributed by atoms with Gasteiger partial charge in [-0.25, -0.2) is 4.98 Å². The Balaban J connectivity index is 1.87. The maximum absolute atomic E-state index is 4.51. The van der Waals surface area contributed by atoms with E-state index in [1.54, 1.807) is 0 Å². The molecule has 1 aliphatic carbocycles. The number of hydrogen-bond acceptors (Lipinski definition) is 5. The zero-order valence-corrected chi connectivity index (χ0v) is 12.0. The number of nitrogens with zero attached hydrogens (tertiary/aromatic N) is 2. The summed E-state index contributed by atoms with van der Waals surface area (Å²) in [6, 6.07) is 2.63. The lowest BCUT2D eigenvalue weighted by atomic mass is 9.94. The van der Waals surface area contributed by atoms with Crippen LogP contribution in [0.2, 0.25) is 0 Å². The van der Waals surface area contributed by atoms with E-state index in [1.807, 2.05) is 31.5 Å². The number of rotatable bonds is 3. The summed E-state index contributed by atoms with van der Waals surface area (Å²) in [5.74, 6) is 1.60. The number of nitrogens with one attached hydrogen (secondary N) is 2. The van der Waals surface area contributed by atoms with Gasteiger partial charge in [-0.15, -0.1) is 11.3 Å². The molecule has 0 bridgehead atoms. The second-order valence-electron chi connectivity index (χ2n) is 4.86. The molecule has 3 rings (SSSR count). The highest BCUT2D eigenvalue weighted by Gasteiger charge is 2.21. The predicted octanol–water partition coefficient (Wildman–Crippen LogP) is 3.38. The first-order valence-corrected chi connectivity index (χ1v) is 7.50. The van der Waals surface area contributed by atoms with Crippen LogP contribution in [0.3, 0.4) is 0 Å². The molecule has 0 amide bonds. The van der Waals surface area contributed by atoms with E-state index >= 15 is 0 Å². The fraction of sp³-hybridized carbons (Fsp3) is 0.429. The van der Waals surface area contributed by atoms with E-state index in [1.165, 1.54) is 29.7 Å². The van der Waals surface area contributed by atoms with Crippen LogP contribution in [0.15, 0.2) is 17.6 Å². The molecule has 0 spiro atoms. The highest BCUT2D eigenvalue weighted by atomic mass is 32.1. The summed E-state index contributed by atoms with van der Waals surface area (Å²) >= 11 is 1.87. The molecule has 4 nitrogen and oxygen atoms in total. The van der Waals surface area contributed by atoms with Crippen molar-refractivity contribution in [1.29, 1.82) is 0 Å². The van der Waals surface area contributed by atoms with Crippen LogP contribution in [0.5, 0.6) is 0 Å². The highest BCUT2D eigenvalue weighted by molar-refractivity contribution is 7.10. The van der Waals surface area contributed by atoms with Gasteiger partial charge in [-0.3, -0.25) is 0 Å². The molecule has 1 atom stereocenters. The van der Waals surface area contributed by atoms with Crippen molar-refractivity contribution in [2.45, 2.75) is 32.2 Å². The van der Waals surface area contributed by atoms with Crippen LogP contribution >= 0.6 is 11.3 Å². The molecule has 0 aromatic carbocycles. The number of anilines is 2. The van der Waals surface area contributed by atoms with E-state index in [2.05, 4.69) is 32.0 Å². The maximum Gasteiger partial charge on any atom is 0.224 e. The van der Waals surface area contributed by atoms with Gasteiger partial charge in [0.1, 0.15) is 5.82 Å². The Bertz CT molecular complexity index is 579. The zero-order chi connectivity index (χ0) is 13.2. The maximum atomic E-state index is 4.51. The average molecular weight is 274 g/mol. The summed E-state index contributed by atoms with van der Waals surface area (Å²) in [5.41, 5.74) is 2.53. The van der Waals surface area contributed by atoms with E-state index in [4.69, 9.17) is 0 Å². The number of aryl methyl sites for hydroxylation is 2. The molecule has 2 N–H and O–H groups in total. The number of fused-ring (bicyclic) bond motifs is 1. The highest BCUT2D eigenvalue weighted by Crippen LogP contribution is 2.35. The summed E-state index contributed by atoms with van der Waals surface area (Å²) < 4.78 is 0. The van der Waals surface area contributed by atoms with Crippen LogP contribution in [0.4, 0.5) is 11.8 Å². The molecule has 0 radical (unpaired) electrons. The molecule has 0 saturated heterocycles. The first kappa shape index (κ1) is 12.4.